The van der Waals surface area contributed by atoms with Gasteiger partial charge in [0.2, 0.25) is 5.91 Å². The van der Waals surface area contributed by atoms with E-state index in [0.717, 1.165) is 23.1 Å². The quantitative estimate of drug-likeness (QED) is 0.797. The highest BCUT2D eigenvalue weighted by Crippen LogP contribution is 2.34. The van der Waals surface area contributed by atoms with Crippen LogP contribution in [0.15, 0.2) is 59.1 Å². The van der Waals surface area contributed by atoms with Crippen LogP contribution >= 0.6 is 15.9 Å². The maximum absolute atomic E-state index is 11.9. The van der Waals surface area contributed by atoms with E-state index in [4.69, 9.17) is 10.5 Å². The number of benzene rings is 2. The summed E-state index contributed by atoms with van der Waals surface area (Å²) < 4.78 is 6.84. The molecule has 2 aromatic carbocycles. The smallest absolute Gasteiger partial charge is 0.239 e. The minimum Gasteiger partial charge on any atom is -0.373 e. The maximum Gasteiger partial charge on any atom is 0.239 e. The highest BCUT2D eigenvalue weighted by atomic mass is 79.9. The number of nitrogens with two attached hydrogens (primary N) is 1. The van der Waals surface area contributed by atoms with Crippen LogP contribution in [-0.4, -0.2) is 19.1 Å². The summed E-state index contributed by atoms with van der Waals surface area (Å²) in [5.74, 6) is -0.0512. The number of carbonyl (C=O) groups excluding carboxylic acids is 1. The van der Waals surface area contributed by atoms with Crippen molar-refractivity contribution in [2.75, 3.05) is 13.2 Å². The Kier molecular flexibility index (Phi) is 5.66. The molecule has 5 heteroatoms. The first-order valence-corrected chi connectivity index (χ1v) is 8.89. The summed E-state index contributed by atoms with van der Waals surface area (Å²) in [6.07, 6.45) is 1.03. The molecule has 126 valence electrons. The molecule has 0 saturated carbocycles. The van der Waals surface area contributed by atoms with Gasteiger partial charge in [-0.1, -0.05) is 58.4 Å². The highest BCUT2D eigenvalue weighted by Gasteiger charge is 2.30. The third-order valence-corrected chi connectivity index (χ3v) is 4.89. The van der Waals surface area contributed by atoms with Crippen molar-refractivity contribution in [3.8, 4) is 0 Å². The predicted octanol–water partition coefficient (Wildman–Crippen LogP) is 3.34. The Bertz CT molecular complexity index is 693. The molecule has 1 aliphatic heterocycles. The summed E-state index contributed by atoms with van der Waals surface area (Å²) in [7, 11) is 0. The molecule has 1 amide bonds. The Hall–Kier alpha value is -1.69. The molecule has 24 heavy (non-hydrogen) atoms. The summed E-state index contributed by atoms with van der Waals surface area (Å²) >= 11 is 3.44. The van der Waals surface area contributed by atoms with Crippen molar-refractivity contribution in [3.05, 3.63) is 70.2 Å². The van der Waals surface area contributed by atoms with Gasteiger partial charge in [0.05, 0.1) is 6.10 Å². The fourth-order valence-corrected chi connectivity index (χ4v) is 3.61. The number of nitrogens with one attached hydrogen (secondary N) is 1. The molecule has 3 atom stereocenters. The summed E-state index contributed by atoms with van der Waals surface area (Å²) in [6.45, 7) is 1.42. The van der Waals surface area contributed by atoms with E-state index < -0.39 is 6.04 Å². The van der Waals surface area contributed by atoms with Crippen molar-refractivity contribution in [2.24, 2.45) is 11.7 Å². The van der Waals surface area contributed by atoms with Gasteiger partial charge < -0.3 is 15.8 Å². The van der Waals surface area contributed by atoms with E-state index in [1.807, 2.05) is 42.5 Å². The highest BCUT2D eigenvalue weighted by molar-refractivity contribution is 9.10. The fraction of sp³-hybridized carbons (Fsp3) is 0.316. The fourth-order valence-electron chi connectivity index (χ4n) is 3.19. The molecule has 1 fully saturated rings. The molecule has 0 radical (unpaired) electrons. The van der Waals surface area contributed by atoms with Crippen LogP contribution in [0.2, 0.25) is 0 Å². The summed E-state index contributed by atoms with van der Waals surface area (Å²) in [4.78, 5) is 11.9. The summed E-state index contributed by atoms with van der Waals surface area (Å²) in [6, 6.07) is 17.4. The van der Waals surface area contributed by atoms with Crippen molar-refractivity contribution < 1.29 is 9.53 Å². The van der Waals surface area contributed by atoms with Gasteiger partial charge in [-0.3, -0.25) is 4.79 Å². The molecule has 3 rings (SSSR count). The third-order valence-electron chi connectivity index (χ3n) is 4.39. The van der Waals surface area contributed by atoms with Crippen molar-refractivity contribution in [3.63, 3.8) is 0 Å². The van der Waals surface area contributed by atoms with Gasteiger partial charge in [-0.25, -0.2) is 0 Å². The van der Waals surface area contributed by atoms with E-state index in [-0.39, 0.29) is 12.0 Å². The van der Waals surface area contributed by atoms with Crippen molar-refractivity contribution in [1.82, 2.24) is 5.32 Å². The number of ether oxygens (including phenoxy) is 1. The van der Waals surface area contributed by atoms with Gasteiger partial charge in [0.1, 0.15) is 6.04 Å². The molecule has 1 heterocycles. The normalized spacial score (nSPS) is 21.5. The van der Waals surface area contributed by atoms with Crippen LogP contribution in [0.3, 0.4) is 0 Å². The molecular weight excluding hydrogens is 368 g/mol. The predicted molar refractivity (Wildman–Crippen MR) is 97.3 cm³/mol. The van der Waals surface area contributed by atoms with Crippen molar-refractivity contribution in [2.45, 2.75) is 18.6 Å². The minimum atomic E-state index is -0.500. The van der Waals surface area contributed by atoms with Crippen LogP contribution in [0, 0.1) is 5.92 Å². The molecule has 3 N–H and O–H groups in total. The van der Waals surface area contributed by atoms with Crippen LogP contribution in [-0.2, 0) is 9.53 Å². The van der Waals surface area contributed by atoms with Gasteiger partial charge in [0.15, 0.2) is 0 Å². The van der Waals surface area contributed by atoms with E-state index >= 15 is 0 Å². The number of carbonyl (C=O) groups is 1. The number of hydrogen-bond acceptors (Lipinski definition) is 3. The third kappa shape index (κ3) is 4.04. The Morgan fingerprint density at radius 2 is 2.04 bits per heavy atom. The molecule has 4 nitrogen and oxygen atoms in total. The molecule has 0 aromatic heterocycles. The van der Waals surface area contributed by atoms with Crippen LogP contribution in [0.25, 0.3) is 0 Å². The molecule has 0 spiro atoms. The largest absolute Gasteiger partial charge is 0.373 e. The summed E-state index contributed by atoms with van der Waals surface area (Å²) in [5, 5.41) is 3.33. The SMILES string of the molecule is NC(=O)[C@H](NC[C@H]1CCO[C@@H]1c1ccccc1)c1cccc(Br)c1. The first-order valence-electron chi connectivity index (χ1n) is 8.10. The van der Waals surface area contributed by atoms with Gasteiger partial charge in [-0.15, -0.1) is 0 Å². The second-order valence-electron chi connectivity index (χ2n) is 6.05. The van der Waals surface area contributed by atoms with Crippen LogP contribution in [0.1, 0.15) is 29.7 Å². The number of rotatable bonds is 6. The van der Waals surface area contributed by atoms with Crippen molar-refractivity contribution >= 4 is 21.8 Å². The molecular formula is C19H21BrN2O2. The lowest BCUT2D eigenvalue weighted by atomic mass is 9.94. The van der Waals surface area contributed by atoms with Gasteiger partial charge >= 0.3 is 0 Å². The molecule has 2 aromatic rings. The van der Waals surface area contributed by atoms with Gasteiger partial charge in [0, 0.05) is 23.5 Å². The average Bonchev–Trinajstić information content (AvgIpc) is 3.04. The van der Waals surface area contributed by atoms with Gasteiger partial charge in [-0.2, -0.15) is 0 Å². The zero-order valence-corrected chi connectivity index (χ0v) is 14.9. The Morgan fingerprint density at radius 3 is 2.75 bits per heavy atom. The number of hydrogen-bond donors (Lipinski definition) is 2. The van der Waals surface area contributed by atoms with Crippen LogP contribution in [0.5, 0.6) is 0 Å². The van der Waals surface area contributed by atoms with E-state index in [1.54, 1.807) is 0 Å². The van der Waals surface area contributed by atoms with Gasteiger partial charge in [-0.05, 0) is 29.7 Å². The monoisotopic (exact) mass is 388 g/mol. The van der Waals surface area contributed by atoms with Crippen LogP contribution in [0.4, 0.5) is 0 Å². The minimum absolute atomic E-state index is 0.0646. The Balaban J connectivity index is 1.69. The molecule has 1 saturated heterocycles. The average molecular weight is 389 g/mol. The topological polar surface area (TPSA) is 64.4 Å². The maximum atomic E-state index is 11.9. The van der Waals surface area contributed by atoms with Gasteiger partial charge in [0.25, 0.3) is 0 Å². The zero-order valence-electron chi connectivity index (χ0n) is 13.3. The first kappa shape index (κ1) is 17.1. The second kappa shape index (κ2) is 7.92. The lowest BCUT2D eigenvalue weighted by Crippen LogP contribution is -2.37. The first-order chi connectivity index (χ1) is 11.6. The molecule has 0 aliphatic carbocycles. The number of amides is 1. The Labute approximate surface area is 150 Å². The van der Waals surface area contributed by atoms with E-state index in [2.05, 4.69) is 33.4 Å². The second-order valence-corrected chi connectivity index (χ2v) is 6.97. The van der Waals surface area contributed by atoms with Crippen molar-refractivity contribution in [1.29, 1.82) is 0 Å². The molecule has 0 bridgehead atoms. The van der Waals surface area contributed by atoms with Crippen LogP contribution < -0.4 is 11.1 Å². The number of primary amides is 1. The van der Waals surface area contributed by atoms with E-state index in [9.17, 15) is 4.79 Å². The number of halogens is 1. The van der Waals surface area contributed by atoms with E-state index in [1.165, 1.54) is 5.56 Å². The standard InChI is InChI=1S/C19H21BrN2O2/c20-16-8-4-7-14(11-16)17(19(21)23)22-12-15-9-10-24-18(15)13-5-2-1-3-6-13/h1-8,11,15,17-18,22H,9-10,12H2,(H2,21,23)/t15-,17-,18-/m1/s1. The lowest BCUT2D eigenvalue weighted by molar-refractivity contribution is -0.120. The summed E-state index contributed by atoms with van der Waals surface area (Å²) in [5.41, 5.74) is 7.65. The van der Waals surface area contributed by atoms with E-state index in [0.29, 0.717) is 12.5 Å². The lowest BCUT2D eigenvalue weighted by Gasteiger charge is -2.22. The zero-order chi connectivity index (χ0) is 16.9. The molecule has 0 unspecified atom stereocenters. The molecule has 1 aliphatic rings. The Morgan fingerprint density at radius 1 is 1.25 bits per heavy atom.